The first kappa shape index (κ1) is 15.7. The molecule has 0 radical (unpaired) electrons. The van der Waals surface area contributed by atoms with Crippen molar-refractivity contribution in [1.82, 2.24) is 4.90 Å². The Morgan fingerprint density at radius 1 is 1.12 bits per heavy atom. The van der Waals surface area contributed by atoms with Gasteiger partial charge in [0.1, 0.15) is 0 Å². The average molecular weight is 252 g/mol. The molecule has 0 N–H and O–H groups in total. The van der Waals surface area contributed by atoms with E-state index in [1.54, 1.807) is 19.1 Å². The minimum absolute atomic E-state index is 0.152. The van der Waals surface area contributed by atoms with Crippen molar-refractivity contribution in [2.75, 3.05) is 46.4 Å². The van der Waals surface area contributed by atoms with Crippen molar-refractivity contribution in [3.63, 3.8) is 0 Å². The fraction of sp³-hybridized carbons (Fsp3) is 0.909. The Morgan fingerprint density at radius 2 is 1.69 bits per heavy atom. The van der Waals surface area contributed by atoms with Crippen molar-refractivity contribution in [1.29, 1.82) is 0 Å². The topological polar surface area (TPSA) is 38.8 Å². The zero-order valence-electron chi connectivity index (χ0n) is 10.2. The first-order valence-electron chi connectivity index (χ1n) is 5.57. The minimum atomic E-state index is 0.152. The summed E-state index contributed by atoms with van der Waals surface area (Å²) in [5.74, 6) is 0.767. The summed E-state index contributed by atoms with van der Waals surface area (Å²) in [6.07, 6.45) is 2.29. The number of carbonyl (C=O) groups excluding carboxylic acids is 1. The van der Waals surface area contributed by atoms with Gasteiger partial charge in [-0.2, -0.15) is 0 Å². The lowest BCUT2D eigenvalue weighted by molar-refractivity contribution is -0.132. The number of rotatable bonds is 10. The third-order valence-electron chi connectivity index (χ3n) is 2.26. The number of hydrogen-bond donors (Lipinski definition) is 0. The molecule has 0 atom stereocenters. The van der Waals surface area contributed by atoms with Gasteiger partial charge in [0.05, 0.1) is 13.2 Å². The molecule has 5 heteroatoms. The van der Waals surface area contributed by atoms with Crippen molar-refractivity contribution < 1.29 is 14.3 Å². The van der Waals surface area contributed by atoms with Crippen LogP contribution in [-0.4, -0.2) is 57.2 Å². The third kappa shape index (κ3) is 7.91. The molecule has 0 saturated heterocycles. The number of carbonyl (C=O) groups is 1. The van der Waals surface area contributed by atoms with E-state index in [1.165, 1.54) is 0 Å². The lowest BCUT2D eigenvalue weighted by atomic mass is 10.2. The van der Waals surface area contributed by atoms with E-state index in [0.717, 1.165) is 12.8 Å². The van der Waals surface area contributed by atoms with Gasteiger partial charge in [0.15, 0.2) is 0 Å². The average Bonchev–Trinajstić information content (AvgIpc) is 2.29. The molecule has 0 aliphatic heterocycles. The number of alkyl halides is 1. The van der Waals surface area contributed by atoms with E-state index in [4.69, 9.17) is 21.1 Å². The van der Waals surface area contributed by atoms with Gasteiger partial charge >= 0.3 is 0 Å². The fourth-order valence-corrected chi connectivity index (χ4v) is 1.48. The van der Waals surface area contributed by atoms with Crippen LogP contribution in [0.25, 0.3) is 0 Å². The normalized spacial score (nSPS) is 10.4. The number of halogens is 1. The van der Waals surface area contributed by atoms with Gasteiger partial charge in [-0.3, -0.25) is 4.79 Å². The monoisotopic (exact) mass is 251 g/mol. The Hall–Kier alpha value is -0.320. The van der Waals surface area contributed by atoms with Gasteiger partial charge < -0.3 is 14.4 Å². The van der Waals surface area contributed by atoms with E-state index >= 15 is 0 Å². The Kier molecular flexibility index (Phi) is 11.0. The van der Waals surface area contributed by atoms with Gasteiger partial charge in [0.25, 0.3) is 0 Å². The molecule has 0 fully saturated rings. The molecular formula is C11H22ClNO3. The highest BCUT2D eigenvalue weighted by atomic mass is 35.5. The van der Waals surface area contributed by atoms with Crippen LogP contribution in [0.3, 0.4) is 0 Å². The molecule has 0 saturated carbocycles. The van der Waals surface area contributed by atoms with Crippen molar-refractivity contribution in [2.24, 2.45) is 0 Å². The second-order valence-corrected chi connectivity index (χ2v) is 3.89. The predicted octanol–water partition coefficient (Wildman–Crippen LogP) is 1.52. The molecule has 1 amide bonds. The molecule has 0 bridgehead atoms. The number of ether oxygens (including phenoxy) is 2. The summed E-state index contributed by atoms with van der Waals surface area (Å²) in [5.41, 5.74) is 0. The highest BCUT2D eigenvalue weighted by molar-refractivity contribution is 6.17. The number of amides is 1. The Balaban J connectivity index is 3.88. The van der Waals surface area contributed by atoms with Crippen LogP contribution in [0.15, 0.2) is 0 Å². The molecule has 16 heavy (non-hydrogen) atoms. The molecule has 0 aliphatic carbocycles. The van der Waals surface area contributed by atoms with Gasteiger partial charge in [-0.15, -0.1) is 11.6 Å². The van der Waals surface area contributed by atoms with Gasteiger partial charge in [0, 0.05) is 39.6 Å². The summed E-state index contributed by atoms with van der Waals surface area (Å²) in [4.78, 5) is 13.6. The molecule has 0 heterocycles. The van der Waals surface area contributed by atoms with Crippen LogP contribution < -0.4 is 0 Å². The molecular weight excluding hydrogens is 230 g/mol. The summed E-state index contributed by atoms with van der Waals surface area (Å²) in [7, 11) is 3.26. The molecule has 0 aromatic heterocycles. The van der Waals surface area contributed by atoms with E-state index in [1.807, 2.05) is 0 Å². The first-order chi connectivity index (χ1) is 7.76. The van der Waals surface area contributed by atoms with Crippen LogP contribution in [0, 0.1) is 0 Å². The van der Waals surface area contributed by atoms with E-state index in [0.29, 0.717) is 38.6 Å². The first-order valence-corrected chi connectivity index (χ1v) is 6.11. The van der Waals surface area contributed by atoms with Crippen LogP contribution in [0.5, 0.6) is 0 Å². The van der Waals surface area contributed by atoms with Crippen LogP contribution in [-0.2, 0) is 14.3 Å². The summed E-state index contributed by atoms with van der Waals surface area (Å²) >= 11 is 5.57. The van der Waals surface area contributed by atoms with Gasteiger partial charge in [-0.05, 0) is 12.8 Å². The smallest absolute Gasteiger partial charge is 0.222 e. The number of unbranched alkanes of at least 4 members (excludes halogenated alkanes) is 1. The molecule has 0 unspecified atom stereocenters. The highest BCUT2D eigenvalue weighted by Gasteiger charge is 2.12. The van der Waals surface area contributed by atoms with Crippen LogP contribution in [0.2, 0.25) is 0 Å². The Labute approximate surface area is 103 Å². The predicted molar refractivity (Wildman–Crippen MR) is 64.9 cm³/mol. The second kappa shape index (κ2) is 11.2. The summed E-state index contributed by atoms with van der Waals surface area (Å²) in [5, 5.41) is 0. The lowest BCUT2D eigenvalue weighted by Crippen LogP contribution is -2.36. The maximum absolute atomic E-state index is 11.8. The quantitative estimate of drug-likeness (QED) is 0.437. The number of nitrogens with zero attached hydrogens (tertiary/aromatic N) is 1. The van der Waals surface area contributed by atoms with Gasteiger partial charge in [0.2, 0.25) is 5.91 Å². The second-order valence-electron chi connectivity index (χ2n) is 3.51. The molecule has 0 aromatic rings. The standard InChI is InChI=1S/C11H22ClNO3/c1-15-9-7-13(8-10-16-2)11(14)5-3-4-6-12/h3-10H2,1-2H3. The van der Waals surface area contributed by atoms with Crippen LogP contribution in [0.4, 0.5) is 0 Å². The SMILES string of the molecule is COCCN(CCOC)C(=O)CCCCCl. The Morgan fingerprint density at radius 3 is 2.12 bits per heavy atom. The maximum Gasteiger partial charge on any atom is 0.222 e. The molecule has 0 aliphatic rings. The van der Waals surface area contributed by atoms with Gasteiger partial charge in [-0.25, -0.2) is 0 Å². The van der Waals surface area contributed by atoms with E-state index in [-0.39, 0.29) is 5.91 Å². The van der Waals surface area contributed by atoms with E-state index in [9.17, 15) is 4.79 Å². The molecule has 4 nitrogen and oxygen atoms in total. The van der Waals surface area contributed by atoms with E-state index < -0.39 is 0 Å². The minimum Gasteiger partial charge on any atom is -0.383 e. The molecule has 96 valence electrons. The summed E-state index contributed by atoms with van der Waals surface area (Å²) < 4.78 is 9.94. The number of hydrogen-bond acceptors (Lipinski definition) is 3. The zero-order valence-corrected chi connectivity index (χ0v) is 11.0. The third-order valence-corrected chi connectivity index (χ3v) is 2.52. The van der Waals surface area contributed by atoms with Crippen LogP contribution >= 0.6 is 11.6 Å². The van der Waals surface area contributed by atoms with Gasteiger partial charge in [-0.1, -0.05) is 0 Å². The summed E-state index contributed by atoms with van der Waals surface area (Å²) in [6.45, 7) is 2.37. The zero-order chi connectivity index (χ0) is 12.2. The molecule has 0 aromatic carbocycles. The Bertz CT molecular complexity index is 171. The lowest BCUT2D eigenvalue weighted by Gasteiger charge is -2.22. The van der Waals surface area contributed by atoms with Crippen molar-refractivity contribution in [2.45, 2.75) is 19.3 Å². The largest absolute Gasteiger partial charge is 0.383 e. The summed E-state index contributed by atoms with van der Waals surface area (Å²) in [6, 6.07) is 0. The van der Waals surface area contributed by atoms with E-state index in [2.05, 4.69) is 0 Å². The van der Waals surface area contributed by atoms with Crippen LogP contribution in [0.1, 0.15) is 19.3 Å². The maximum atomic E-state index is 11.8. The number of methoxy groups -OCH3 is 2. The highest BCUT2D eigenvalue weighted by Crippen LogP contribution is 2.02. The molecule has 0 spiro atoms. The molecule has 0 rings (SSSR count). The van der Waals surface area contributed by atoms with Crippen molar-refractivity contribution >= 4 is 17.5 Å². The van der Waals surface area contributed by atoms with Crippen molar-refractivity contribution in [3.05, 3.63) is 0 Å². The van der Waals surface area contributed by atoms with Crippen molar-refractivity contribution in [3.8, 4) is 0 Å². The fourth-order valence-electron chi connectivity index (χ4n) is 1.29.